The molecule has 0 aromatic heterocycles. The third-order valence-corrected chi connectivity index (χ3v) is 4.71. The molecule has 1 fully saturated rings. The zero-order valence-corrected chi connectivity index (χ0v) is 14.5. The Hall–Kier alpha value is -3.32. The summed E-state index contributed by atoms with van der Waals surface area (Å²) in [6, 6.07) is 11.5. The Labute approximate surface area is 155 Å². The van der Waals surface area contributed by atoms with Crippen molar-refractivity contribution in [2.75, 3.05) is 31.5 Å². The van der Waals surface area contributed by atoms with Crippen LogP contribution in [0.15, 0.2) is 42.5 Å². The van der Waals surface area contributed by atoms with Crippen LogP contribution < -0.4 is 10.6 Å². The van der Waals surface area contributed by atoms with Crippen molar-refractivity contribution in [2.45, 2.75) is 0 Å². The maximum absolute atomic E-state index is 12.9. The van der Waals surface area contributed by atoms with Gasteiger partial charge >= 0.3 is 0 Å². The lowest BCUT2D eigenvalue weighted by Crippen LogP contribution is -2.49. The van der Waals surface area contributed by atoms with Crippen LogP contribution in [-0.4, -0.2) is 54.5 Å². The molecule has 1 aliphatic heterocycles. The van der Waals surface area contributed by atoms with E-state index in [1.54, 1.807) is 47.4 Å². The summed E-state index contributed by atoms with van der Waals surface area (Å²) in [7, 11) is 0. The minimum atomic E-state index is -0.336. The number of carbonyl (C=O) groups excluding carboxylic acids is 4. The molecule has 2 N–H and O–H groups in total. The fourth-order valence-corrected chi connectivity index (χ4v) is 3.47. The molecule has 7 heteroatoms. The van der Waals surface area contributed by atoms with E-state index in [0.717, 1.165) is 0 Å². The van der Waals surface area contributed by atoms with Gasteiger partial charge < -0.3 is 10.6 Å². The maximum Gasteiger partial charge on any atom is 0.238 e. The molecule has 1 heterocycles. The molecular weight excluding hydrogens is 346 g/mol. The lowest BCUT2D eigenvalue weighted by atomic mass is 9.83. The van der Waals surface area contributed by atoms with Crippen molar-refractivity contribution in [2.24, 2.45) is 0 Å². The molecule has 0 bridgehead atoms. The highest BCUT2D eigenvalue weighted by molar-refractivity contribution is 6.30. The van der Waals surface area contributed by atoms with E-state index in [1.807, 2.05) is 0 Å². The Bertz CT molecular complexity index is 983. The highest BCUT2D eigenvalue weighted by atomic mass is 16.2. The van der Waals surface area contributed by atoms with E-state index in [2.05, 4.69) is 10.6 Å². The summed E-state index contributed by atoms with van der Waals surface area (Å²) in [5.41, 5.74) is 1.52. The van der Waals surface area contributed by atoms with Gasteiger partial charge in [0, 0.05) is 29.8 Å². The number of rotatable bonds is 3. The van der Waals surface area contributed by atoms with Crippen molar-refractivity contribution in [1.82, 2.24) is 10.2 Å². The van der Waals surface area contributed by atoms with Gasteiger partial charge in [-0.25, -0.2) is 0 Å². The molecular formula is C20H17N3O4. The zero-order valence-electron chi connectivity index (χ0n) is 14.5. The van der Waals surface area contributed by atoms with Crippen molar-refractivity contribution in [3.63, 3.8) is 0 Å². The topological polar surface area (TPSA) is 95.6 Å². The summed E-state index contributed by atoms with van der Waals surface area (Å²) >= 11 is 0. The lowest BCUT2D eigenvalue weighted by molar-refractivity contribution is -0.125. The third kappa shape index (κ3) is 3.13. The summed E-state index contributed by atoms with van der Waals surface area (Å²) in [5, 5.41) is 5.43. The third-order valence-electron chi connectivity index (χ3n) is 4.71. The normalized spacial score (nSPS) is 16.4. The van der Waals surface area contributed by atoms with Gasteiger partial charge in [-0.3, -0.25) is 24.1 Å². The SMILES string of the molecule is O=C1CN(CC(=O)Nc2cccc3c2C(=O)c2ccccc2C3=O)CCN1. The number of carbonyl (C=O) groups is 4. The number of amides is 2. The summed E-state index contributed by atoms with van der Waals surface area (Å²) in [6.07, 6.45) is 0. The molecule has 0 unspecified atom stereocenters. The van der Waals surface area contributed by atoms with Gasteiger partial charge in [0.05, 0.1) is 24.3 Å². The molecule has 27 heavy (non-hydrogen) atoms. The van der Waals surface area contributed by atoms with Gasteiger partial charge in [-0.2, -0.15) is 0 Å². The average molecular weight is 363 g/mol. The number of piperazine rings is 1. The van der Waals surface area contributed by atoms with E-state index < -0.39 is 0 Å². The number of hydrogen-bond donors (Lipinski definition) is 2. The Morgan fingerprint density at radius 3 is 2.41 bits per heavy atom. The number of ketones is 2. The first-order valence-corrected chi connectivity index (χ1v) is 8.65. The Balaban J connectivity index is 1.60. The Morgan fingerprint density at radius 1 is 0.963 bits per heavy atom. The second-order valence-electron chi connectivity index (χ2n) is 6.54. The summed E-state index contributed by atoms with van der Waals surface area (Å²) < 4.78 is 0. The predicted octanol–water partition coefficient (Wildman–Crippen LogP) is 0.832. The summed E-state index contributed by atoms with van der Waals surface area (Å²) in [5.74, 6) is -0.974. The molecule has 0 spiro atoms. The lowest BCUT2D eigenvalue weighted by Gasteiger charge is -2.26. The molecule has 7 nitrogen and oxygen atoms in total. The number of benzene rings is 2. The quantitative estimate of drug-likeness (QED) is 0.719. The van der Waals surface area contributed by atoms with Crippen LogP contribution in [-0.2, 0) is 9.59 Å². The van der Waals surface area contributed by atoms with Crippen LogP contribution in [0.2, 0.25) is 0 Å². The van der Waals surface area contributed by atoms with Gasteiger partial charge in [0.25, 0.3) is 0 Å². The second-order valence-corrected chi connectivity index (χ2v) is 6.54. The van der Waals surface area contributed by atoms with Crippen molar-refractivity contribution in [3.8, 4) is 0 Å². The molecule has 2 aromatic rings. The summed E-state index contributed by atoms with van der Waals surface area (Å²) in [6.45, 7) is 1.27. The maximum atomic E-state index is 12.9. The standard InChI is InChI=1S/C20H17N3O4/c24-16-10-23(9-8-21-16)11-17(25)22-15-7-3-6-14-18(15)20(27)13-5-2-1-4-12(13)19(14)26/h1-7H,8-11H2,(H,21,24)(H,22,25). The van der Waals surface area contributed by atoms with Gasteiger partial charge in [0.15, 0.2) is 11.6 Å². The largest absolute Gasteiger partial charge is 0.354 e. The number of anilines is 1. The van der Waals surface area contributed by atoms with Gasteiger partial charge in [-0.15, -0.1) is 0 Å². The van der Waals surface area contributed by atoms with Crippen LogP contribution in [0.5, 0.6) is 0 Å². The van der Waals surface area contributed by atoms with E-state index >= 15 is 0 Å². The first kappa shape index (κ1) is 17.1. The fourth-order valence-electron chi connectivity index (χ4n) is 3.47. The molecule has 1 aliphatic carbocycles. The van der Waals surface area contributed by atoms with Gasteiger partial charge in [0.2, 0.25) is 11.8 Å². The monoisotopic (exact) mass is 363 g/mol. The number of fused-ring (bicyclic) bond motifs is 2. The van der Waals surface area contributed by atoms with Crippen molar-refractivity contribution in [3.05, 3.63) is 64.7 Å². The van der Waals surface area contributed by atoms with Crippen molar-refractivity contribution < 1.29 is 19.2 Å². The highest BCUT2D eigenvalue weighted by Gasteiger charge is 2.31. The molecule has 4 rings (SSSR count). The van der Waals surface area contributed by atoms with Crippen LogP contribution in [0.1, 0.15) is 31.8 Å². The van der Waals surface area contributed by atoms with E-state index in [9.17, 15) is 19.2 Å². The van der Waals surface area contributed by atoms with E-state index in [-0.39, 0.29) is 47.6 Å². The van der Waals surface area contributed by atoms with E-state index in [1.165, 1.54) is 0 Å². The highest BCUT2D eigenvalue weighted by Crippen LogP contribution is 2.31. The average Bonchev–Trinajstić information content (AvgIpc) is 2.66. The van der Waals surface area contributed by atoms with Crippen molar-refractivity contribution in [1.29, 1.82) is 0 Å². The molecule has 2 aromatic carbocycles. The second kappa shape index (κ2) is 6.77. The van der Waals surface area contributed by atoms with Crippen LogP contribution >= 0.6 is 0 Å². The minimum Gasteiger partial charge on any atom is -0.354 e. The minimum absolute atomic E-state index is 0.0375. The fraction of sp³-hybridized carbons (Fsp3) is 0.200. The van der Waals surface area contributed by atoms with Crippen LogP contribution in [0.25, 0.3) is 0 Å². The van der Waals surface area contributed by atoms with Gasteiger partial charge in [-0.1, -0.05) is 36.4 Å². The molecule has 0 saturated carbocycles. The molecule has 0 atom stereocenters. The molecule has 0 radical (unpaired) electrons. The van der Waals surface area contributed by atoms with E-state index in [4.69, 9.17) is 0 Å². The van der Waals surface area contributed by atoms with Crippen LogP contribution in [0, 0.1) is 0 Å². The number of nitrogens with one attached hydrogen (secondary N) is 2. The van der Waals surface area contributed by atoms with Gasteiger partial charge in [0.1, 0.15) is 0 Å². The molecule has 1 saturated heterocycles. The van der Waals surface area contributed by atoms with Crippen LogP contribution in [0.3, 0.4) is 0 Å². The van der Waals surface area contributed by atoms with E-state index in [0.29, 0.717) is 29.9 Å². The molecule has 2 amide bonds. The van der Waals surface area contributed by atoms with Crippen molar-refractivity contribution >= 4 is 29.1 Å². The predicted molar refractivity (Wildman–Crippen MR) is 97.8 cm³/mol. The Morgan fingerprint density at radius 2 is 1.67 bits per heavy atom. The number of nitrogens with zero attached hydrogens (tertiary/aromatic N) is 1. The van der Waals surface area contributed by atoms with Gasteiger partial charge in [-0.05, 0) is 6.07 Å². The molecule has 136 valence electrons. The first-order chi connectivity index (χ1) is 13.0. The van der Waals surface area contributed by atoms with Crippen LogP contribution in [0.4, 0.5) is 5.69 Å². The zero-order chi connectivity index (χ0) is 19.0. The smallest absolute Gasteiger partial charge is 0.238 e. The molecule has 2 aliphatic rings. The Kier molecular flexibility index (Phi) is 4.29. The first-order valence-electron chi connectivity index (χ1n) is 8.65. The summed E-state index contributed by atoms with van der Waals surface area (Å²) in [4.78, 5) is 51.2. The number of hydrogen-bond acceptors (Lipinski definition) is 5.